The van der Waals surface area contributed by atoms with Gasteiger partial charge >= 0.3 is 0 Å². The number of nitrogens with zero attached hydrogens (tertiary/aromatic N) is 2. The van der Waals surface area contributed by atoms with E-state index in [1.807, 2.05) is 28.1 Å². The van der Waals surface area contributed by atoms with E-state index in [2.05, 4.69) is 29.2 Å². The third-order valence-electron chi connectivity index (χ3n) is 3.75. The number of hydrogen-bond acceptors (Lipinski definition) is 5. The molecule has 23 heavy (non-hydrogen) atoms. The van der Waals surface area contributed by atoms with Gasteiger partial charge in [-0.2, -0.15) is 0 Å². The van der Waals surface area contributed by atoms with Gasteiger partial charge in [0.15, 0.2) is 0 Å². The van der Waals surface area contributed by atoms with Crippen LogP contribution in [0.3, 0.4) is 0 Å². The molecule has 1 aliphatic rings. The van der Waals surface area contributed by atoms with E-state index in [9.17, 15) is 4.79 Å². The standard InChI is InChI=1S/C16H19N3OS2.ClH/c17-8-15-18-14(11-22-15)16(20)19-7-6-12(9-19)10-21-13-4-2-1-3-5-13;/h1-5,11-12H,6-10,17H2;1H. The number of likely N-dealkylation sites (tertiary alicyclic amines) is 1. The molecule has 2 N–H and O–H groups in total. The topological polar surface area (TPSA) is 59.2 Å². The van der Waals surface area contributed by atoms with Gasteiger partial charge in [-0.3, -0.25) is 4.79 Å². The molecule has 0 spiro atoms. The highest BCUT2D eigenvalue weighted by molar-refractivity contribution is 7.99. The Hall–Kier alpha value is -1.08. The number of halogens is 1. The number of hydrogen-bond donors (Lipinski definition) is 1. The van der Waals surface area contributed by atoms with Crippen molar-refractivity contribution in [3.8, 4) is 0 Å². The third-order valence-corrected chi connectivity index (χ3v) is 5.86. The van der Waals surface area contributed by atoms with Gasteiger partial charge < -0.3 is 10.6 Å². The van der Waals surface area contributed by atoms with Crippen LogP contribution >= 0.6 is 35.5 Å². The van der Waals surface area contributed by atoms with Gasteiger partial charge in [0.25, 0.3) is 5.91 Å². The zero-order chi connectivity index (χ0) is 15.4. The number of amides is 1. The van der Waals surface area contributed by atoms with Crippen LogP contribution in [0.4, 0.5) is 0 Å². The van der Waals surface area contributed by atoms with Crippen molar-refractivity contribution in [1.82, 2.24) is 9.88 Å². The Morgan fingerprint density at radius 1 is 1.39 bits per heavy atom. The van der Waals surface area contributed by atoms with E-state index in [-0.39, 0.29) is 18.3 Å². The van der Waals surface area contributed by atoms with Crippen LogP contribution in [0.5, 0.6) is 0 Å². The van der Waals surface area contributed by atoms with Crippen molar-refractivity contribution >= 4 is 41.4 Å². The van der Waals surface area contributed by atoms with Crippen molar-refractivity contribution in [2.24, 2.45) is 11.7 Å². The molecular formula is C16H20ClN3OS2. The van der Waals surface area contributed by atoms with Crippen molar-refractivity contribution in [3.05, 3.63) is 46.4 Å². The summed E-state index contributed by atoms with van der Waals surface area (Å²) in [5.74, 6) is 1.66. The second-order valence-electron chi connectivity index (χ2n) is 5.36. The van der Waals surface area contributed by atoms with Gasteiger partial charge in [0.2, 0.25) is 0 Å². The van der Waals surface area contributed by atoms with Gasteiger partial charge in [-0.05, 0) is 24.5 Å². The first-order valence-electron chi connectivity index (χ1n) is 7.38. The summed E-state index contributed by atoms with van der Waals surface area (Å²) in [6, 6.07) is 10.4. The van der Waals surface area contributed by atoms with Gasteiger partial charge in [0, 0.05) is 35.7 Å². The number of nitrogens with two attached hydrogens (primary N) is 1. The first-order valence-corrected chi connectivity index (χ1v) is 9.24. The van der Waals surface area contributed by atoms with Crippen LogP contribution in [0.1, 0.15) is 21.9 Å². The molecule has 3 rings (SSSR count). The van der Waals surface area contributed by atoms with E-state index in [0.717, 1.165) is 30.3 Å². The van der Waals surface area contributed by atoms with Crippen molar-refractivity contribution in [3.63, 3.8) is 0 Å². The fourth-order valence-corrected chi connectivity index (χ4v) is 4.25. The quantitative estimate of drug-likeness (QED) is 0.821. The Labute approximate surface area is 150 Å². The molecule has 1 unspecified atom stereocenters. The monoisotopic (exact) mass is 369 g/mol. The summed E-state index contributed by atoms with van der Waals surface area (Å²) in [6.45, 7) is 2.05. The molecule has 1 fully saturated rings. The molecule has 2 aromatic rings. The van der Waals surface area contributed by atoms with Crippen LogP contribution in [0.25, 0.3) is 0 Å². The van der Waals surface area contributed by atoms with Gasteiger partial charge in [0.05, 0.1) is 0 Å². The minimum absolute atomic E-state index is 0. The smallest absolute Gasteiger partial charge is 0.273 e. The van der Waals surface area contributed by atoms with Crippen molar-refractivity contribution in [2.45, 2.75) is 17.9 Å². The average Bonchev–Trinajstić information content (AvgIpc) is 3.22. The highest BCUT2D eigenvalue weighted by atomic mass is 35.5. The van der Waals surface area contributed by atoms with Crippen molar-refractivity contribution in [2.75, 3.05) is 18.8 Å². The van der Waals surface area contributed by atoms with Gasteiger partial charge in [-0.25, -0.2) is 4.98 Å². The molecule has 1 atom stereocenters. The molecule has 2 heterocycles. The predicted octanol–water partition coefficient (Wildman–Crippen LogP) is 3.28. The number of thioether (sulfide) groups is 1. The van der Waals surface area contributed by atoms with Crippen LogP contribution in [0, 0.1) is 5.92 Å². The first-order chi connectivity index (χ1) is 10.8. The van der Waals surface area contributed by atoms with Crippen molar-refractivity contribution in [1.29, 1.82) is 0 Å². The lowest BCUT2D eigenvalue weighted by Crippen LogP contribution is -2.29. The lowest BCUT2D eigenvalue weighted by Gasteiger charge is -2.15. The lowest BCUT2D eigenvalue weighted by atomic mass is 10.2. The molecule has 1 saturated heterocycles. The number of carbonyl (C=O) groups excluding carboxylic acids is 1. The van der Waals surface area contributed by atoms with Crippen LogP contribution in [0.2, 0.25) is 0 Å². The summed E-state index contributed by atoms with van der Waals surface area (Å²) in [4.78, 5) is 19.9. The maximum absolute atomic E-state index is 12.4. The Morgan fingerprint density at radius 3 is 2.87 bits per heavy atom. The second kappa shape index (κ2) is 8.68. The molecule has 4 nitrogen and oxygen atoms in total. The van der Waals surface area contributed by atoms with E-state index < -0.39 is 0 Å². The SMILES string of the molecule is Cl.NCc1nc(C(=O)N2CCC(CSc3ccccc3)C2)cs1. The predicted molar refractivity (Wildman–Crippen MR) is 98.4 cm³/mol. The van der Waals surface area contributed by atoms with E-state index in [4.69, 9.17) is 5.73 Å². The van der Waals surface area contributed by atoms with Gasteiger partial charge in [-0.1, -0.05) is 18.2 Å². The summed E-state index contributed by atoms with van der Waals surface area (Å²) < 4.78 is 0. The number of benzene rings is 1. The van der Waals surface area contributed by atoms with E-state index in [1.165, 1.54) is 16.2 Å². The largest absolute Gasteiger partial charge is 0.337 e. The van der Waals surface area contributed by atoms with Crippen molar-refractivity contribution < 1.29 is 4.79 Å². The summed E-state index contributed by atoms with van der Waals surface area (Å²) in [5, 5.41) is 2.63. The number of carbonyl (C=O) groups is 1. The number of thiazole rings is 1. The average molecular weight is 370 g/mol. The molecule has 1 aromatic heterocycles. The first kappa shape index (κ1) is 18.3. The fourth-order valence-electron chi connectivity index (χ4n) is 2.55. The molecule has 124 valence electrons. The Balaban J connectivity index is 0.00000192. The number of aromatic nitrogens is 1. The van der Waals surface area contributed by atoms with Gasteiger partial charge in [0.1, 0.15) is 10.7 Å². The van der Waals surface area contributed by atoms with Crippen LogP contribution in [-0.4, -0.2) is 34.6 Å². The van der Waals surface area contributed by atoms with Crippen LogP contribution < -0.4 is 5.73 Å². The van der Waals surface area contributed by atoms with Crippen LogP contribution in [0.15, 0.2) is 40.6 Å². The summed E-state index contributed by atoms with van der Waals surface area (Å²) >= 11 is 3.32. The molecule has 0 saturated carbocycles. The minimum Gasteiger partial charge on any atom is -0.337 e. The second-order valence-corrected chi connectivity index (χ2v) is 7.40. The van der Waals surface area contributed by atoms with E-state index >= 15 is 0 Å². The maximum atomic E-state index is 12.4. The lowest BCUT2D eigenvalue weighted by molar-refractivity contribution is 0.0783. The molecule has 0 radical (unpaired) electrons. The van der Waals surface area contributed by atoms with Crippen LogP contribution in [-0.2, 0) is 6.54 Å². The Kier molecular flexibility index (Phi) is 6.89. The van der Waals surface area contributed by atoms with E-state index in [1.54, 1.807) is 0 Å². The molecule has 7 heteroatoms. The Morgan fingerprint density at radius 2 is 2.17 bits per heavy atom. The molecule has 1 amide bonds. The summed E-state index contributed by atoms with van der Waals surface area (Å²) in [5.41, 5.74) is 6.10. The molecule has 1 aliphatic heterocycles. The number of rotatable bonds is 5. The van der Waals surface area contributed by atoms with Gasteiger partial charge in [-0.15, -0.1) is 35.5 Å². The molecule has 0 bridgehead atoms. The third kappa shape index (κ3) is 4.70. The molecule has 1 aromatic carbocycles. The highest BCUT2D eigenvalue weighted by Gasteiger charge is 2.28. The Bertz CT molecular complexity index is 635. The zero-order valence-corrected chi connectivity index (χ0v) is 15.1. The normalized spacial score (nSPS) is 17.1. The highest BCUT2D eigenvalue weighted by Crippen LogP contribution is 2.26. The summed E-state index contributed by atoms with van der Waals surface area (Å²) in [7, 11) is 0. The molecule has 0 aliphatic carbocycles. The fraction of sp³-hybridized carbons (Fsp3) is 0.375. The molecular weight excluding hydrogens is 350 g/mol. The zero-order valence-electron chi connectivity index (χ0n) is 12.7. The minimum atomic E-state index is 0. The maximum Gasteiger partial charge on any atom is 0.273 e. The summed E-state index contributed by atoms with van der Waals surface area (Å²) in [6.07, 6.45) is 1.07. The van der Waals surface area contributed by atoms with E-state index in [0.29, 0.717) is 18.2 Å².